The van der Waals surface area contributed by atoms with E-state index in [1.807, 2.05) is 0 Å². The second-order valence-electron chi connectivity index (χ2n) is 5.19. The number of nitrogens with one attached hydrogen (secondary N) is 1. The SMILES string of the molecule is CC[C@H](OC(=O)Cc1ccc(Cl)cc1)C(=O)Nc1ccc(F)cc1. The van der Waals surface area contributed by atoms with E-state index < -0.39 is 23.8 Å². The molecule has 6 heteroatoms. The predicted octanol–water partition coefficient (Wildman–Crippen LogP) is 3.98. The Balaban J connectivity index is 1.92. The molecule has 4 nitrogen and oxygen atoms in total. The van der Waals surface area contributed by atoms with Gasteiger partial charge in [0.15, 0.2) is 6.10 Å². The van der Waals surface area contributed by atoms with Gasteiger partial charge >= 0.3 is 5.97 Å². The topological polar surface area (TPSA) is 55.4 Å². The highest BCUT2D eigenvalue weighted by Gasteiger charge is 2.21. The number of anilines is 1. The van der Waals surface area contributed by atoms with Crippen molar-refractivity contribution >= 4 is 29.2 Å². The number of carbonyl (C=O) groups excluding carboxylic acids is 2. The molecule has 0 radical (unpaired) electrons. The Morgan fingerprint density at radius 3 is 2.33 bits per heavy atom. The summed E-state index contributed by atoms with van der Waals surface area (Å²) in [5.41, 5.74) is 1.19. The van der Waals surface area contributed by atoms with Crippen molar-refractivity contribution in [3.63, 3.8) is 0 Å². The van der Waals surface area contributed by atoms with Gasteiger partial charge in [0, 0.05) is 10.7 Å². The molecule has 2 aromatic rings. The van der Waals surface area contributed by atoms with E-state index in [0.29, 0.717) is 17.1 Å². The fraction of sp³-hybridized carbons (Fsp3) is 0.222. The van der Waals surface area contributed by atoms with Gasteiger partial charge in [0.2, 0.25) is 0 Å². The molecule has 1 atom stereocenters. The van der Waals surface area contributed by atoms with E-state index in [0.717, 1.165) is 5.56 Å². The standard InChI is InChI=1S/C18H17ClFNO3/c1-2-16(18(23)21-15-9-7-14(20)8-10-15)24-17(22)11-12-3-5-13(19)6-4-12/h3-10,16H,2,11H2,1H3,(H,21,23)/t16-/m0/s1. The first-order chi connectivity index (χ1) is 11.5. The summed E-state index contributed by atoms with van der Waals surface area (Å²) in [4.78, 5) is 24.1. The summed E-state index contributed by atoms with van der Waals surface area (Å²) in [6.07, 6.45) is -0.522. The van der Waals surface area contributed by atoms with Crippen LogP contribution in [0, 0.1) is 5.82 Å². The molecule has 0 aliphatic rings. The number of esters is 1. The van der Waals surface area contributed by atoms with Crippen LogP contribution in [0.25, 0.3) is 0 Å². The Labute approximate surface area is 144 Å². The lowest BCUT2D eigenvalue weighted by atomic mass is 10.1. The molecular formula is C18H17ClFNO3. The molecule has 0 bridgehead atoms. The fourth-order valence-corrected chi connectivity index (χ4v) is 2.17. The highest BCUT2D eigenvalue weighted by molar-refractivity contribution is 6.30. The number of amides is 1. The molecule has 0 heterocycles. The predicted molar refractivity (Wildman–Crippen MR) is 90.4 cm³/mol. The lowest BCUT2D eigenvalue weighted by Crippen LogP contribution is -2.32. The number of ether oxygens (including phenoxy) is 1. The van der Waals surface area contributed by atoms with Gasteiger partial charge in [0.25, 0.3) is 5.91 Å². The number of halogens is 2. The molecule has 1 N–H and O–H groups in total. The van der Waals surface area contributed by atoms with Crippen LogP contribution in [-0.4, -0.2) is 18.0 Å². The van der Waals surface area contributed by atoms with Crippen molar-refractivity contribution in [1.29, 1.82) is 0 Å². The average molecular weight is 350 g/mol. The van der Waals surface area contributed by atoms with Crippen LogP contribution in [0.3, 0.4) is 0 Å². The van der Waals surface area contributed by atoms with Crippen molar-refractivity contribution < 1.29 is 18.7 Å². The maximum absolute atomic E-state index is 12.9. The van der Waals surface area contributed by atoms with Gasteiger partial charge in [-0.3, -0.25) is 9.59 Å². The first kappa shape index (κ1) is 17.9. The van der Waals surface area contributed by atoms with Gasteiger partial charge in [-0.05, 0) is 48.4 Å². The molecule has 0 fully saturated rings. The lowest BCUT2D eigenvalue weighted by molar-refractivity contribution is -0.153. The van der Waals surface area contributed by atoms with Crippen LogP contribution in [0.5, 0.6) is 0 Å². The van der Waals surface area contributed by atoms with Gasteiger partial charge in [-0.2, -0.15) is 0 Å². The summed E-state index contributed by atoms with van der Waals surface area (Å²) in [5.74, 6) is -1.35. The number of hydrogen-bond donors (Lipinski definition) is 1. The van der Waals surface area contributed by atoms with Gasteiger partial charge in [0.05, 0.1) is 6.42 Å². The minimum Gasteiger partial charge on any atom is -0.452 e. The first-order valence-electron chi connectivity index (χ1n) is 7.48. The van der Waals surface area contributed by atoms with Gasteiger partial charge in [-0.25, -0.2) is 4.39 Å². The zero-order chi connectivity index (χ0) is 17.5. The smallest absolute Gasteiger partial charge is 0.311 e. The van der Waals surface area contributed by atoms with E-state index >= 15 is 0 Å². The second-order valence-corrected chi connectivity index (χ2v) is 5.62. The van der Waals surface area contributed by atoms with E-state index in [1.165, 1.54) is 24.3 Å². The summed E-state index contributed by atoms with van der Waals surface area (Å²) in [7, 11) is 0. The summed E-state index contributed by atoms with van der Waals surface area (Å²) < 4.78 is 18.1. The molecule has 0 spiro atoms. The van der Waals surface area contributed by atoms with Gasteiger partial charge < -0.3 is 10.1 Å². The Morgan fingerprint density at radius 1 is 1.12 bits per heavy atom. The Morgan fingerprint density at radius 2 is 1.75 bits per heavy atom. The van der Waals surface area contributed by atoms with Crippen molar-refractivity contribution in [2.75, 3.05) is 5.32 Å². The molecule has 0 aliphatic heterocycles. The van der Waals surface area contributed by atoms with Crippen LogP contribution in [0.4, 0.5) is 10.1 Å². The minimum absolute atomic E-state index is 0.0531. The van der Waals surface area contributed by atoms with Crippen molar-refractivity contribution in [2.24, 2.45) is 0 Å². The highest BCUT2D eigenvalue weighted by atomic mass is 35.5. The molecule has 126 valence electrons. The van der Waals surface area contributed by atoms with E-state index in [-0.39, 0.29) is 6.42 Å². The summed E-state index contributed by atoms with van der Waals surface area (Å²) >= 11 is 5.79. The minimum atomic E-state index is -0.908. The maximum atomic E-state index is 12.9. The van der Waals surface area contributed by atoms with E-state index in [9.17, 15) is 14.0 Å². The summed E-state index contributed by atoms with van der Waals surface area (Å²) in [6, 6.07) is 12.2. The van der Waals surface area contributed by atoms with Crippen LogP contribution in [0.2, 0.25) is 5.02 Å². The molecule has 24 heavy (non-hydrogen) atoms. The molecule has 0 unspecified atom stereocenters. The van der Waals surface area contributed by atoms with Crippen molar-refractivity contribution in [1.82, 2.24) is 0 Å². The Hall–Kier alpha value is -2.40. The monoisotopic (exact) mass is 349 g/mol. The fourth-order valence-electron chi connectivity index (χ4n) is 2.05. The molecule has 0 aliphatic carbocycles. The highest BCUT2D eigenvalue weighted by Crippen LogP contribution is 2.13. The maximum Gasteiger partial charge on any atom is 0.311 e. The van der Waals surface area contributed by atoms with Crippen LogP contribution >= 0.6 is 11.6 Å². The molecule has 2 rings (SSSR count). The second kappa shape index (κ2) is 8.45. The van der Waals surface area contributed by atoms with Crippen molar-refractivity contribution in [2.45, 2.75) is 25.9 Å². The van der Waals surface area contributed by atoms with Gasteiger partial charge in [-0.15, -0.1) is 0 Å². The number of rotatable bonds is 6. The lowest BCUT2D eigenvalue weighted by Gasteiger charge is -2.16. The zero-order valence-corrected chi connectivity index (χ0v) is 13.8. The average Bonchev–Trinajstić information content (AvgIpc) is 2.56. The number of hydrogen-bond acceptors (Lipinski definition) is 3. The number of benzene rings is 2. The van der Waals surface area contributed by atoms with Crippen molar-refractivity contribution in [3.8, 4) is 0 Å². The molecule has 0 saturated carbocycles. The molecule has 0 aromatic heterocycles. The summed E-state index contributed by atoms with van der Waals surface area (Å²) in [5, 5.41) is 3.18. The molecule has 1 amide bonds. The van der Waals surface area contributed by atoms with E-state index in [2.05, 4.69) is 5.32 Å². The third kappa shape index (κ3) is 5.35. The van der Waals surface area contributed by atoms with Crippen LogP contribution in [-0.2, 0) is 20.7 Å². The quantitative estimate of drug-likeness (QED) is 0.802. The van der Waals surface area contributed by atoms with Crippen LogP contribution in [0.1, 0.15) is 18.9 Å². The normalized spacial score (nSPS) is 11.6. The van der Waals surface area contributed by atoms with E-state index in [1.54, 1.807) is 31.2 Å². The Bertz CT molecular complexity index is 701. The van der Waals surface area contributed by atoms with Gasteiger partial charge in [-0.1, -0.05) is 30.7 Å². The van der Waals surface area contributed by atoms with Crippen LogP contribution in [0.15, 0.2) is 48.5 Å². The molecule has 2 aromatic carbocycles. The van der Waals surface area contributed by atoms with Crippen molar-refractivity contribution in [3.05, 3.63) is 64.9 Å². The first-order valence-corrected chi connectivity index (χ1v) is 7.86. The van der Waals surface area contributed by atoms with Crippen LogP contribution < -0.4 is 5.32 Å². The largest absolute Gasteiger partial charge is 0.452 e. The van der Waals surface area contributed by atoms with E-state index in [4.69, 9.17) is 16.3 Å². The molecular weight excluding hydrogens is 333 g/mol. The Kier molecular flexibility index (Phi) is 6.32. The third-order valence-electron chi connectivity index (χ3n) is 3.31. The third-order valence-corrected chi connectivity index (χ3v) is 3.56. The van der Waals surface area contributed by atoms with Gasteiger partial charge in [0.1, 0.15) is 5.82 Å². The molecule has 0 saturated heterocycles. The number of carbonyl (C=O) groups is 2. The zero-order valence-electron chi connectivity index (χ0n) is 13.1. The summed E-state index contributed by atoms with van der Waals surface area (Å²) in [6.45, 7) is 1.74.